The molecule has 3 aromatic carbocycles. The number of hydrogen-bond acceptors (Lipinski definition) is 8. The van der Waals surface area contributed by atoms with E-state index in [2.05, 4.69) is 5.32 Å². The van der Waals surface area contributed by atoms with Gasteiger partial charge in [-0.2, -0.15) is 4.31 Å². The average Bonchev–Trinajstić information content (AvgIpc) is 3.46. The van der Waals surface area contributed by atoms with Gasteiger partial charge in [0.1, 0.15) is 23.1 Å². The summed E-state index contributed by atoms with van der Waals surface area (Å²) in [4.78, 5) is 26.6. The normalized spacial score (nSPS) is 17.6. The summed E-state index contributed by atoms with van der Waals surface area (Å²) in [5.41, 5.74) is 1.92. The standard InChI is InChI=1S/C33H40N2O8S/c1-6-43-22-24-20-28(40-3)30(29(21-24)41-4)25-15-13-23(14-16-25)19-27(31(36)42-5)34-32(37)33(2)17-10-18-35(33)44(38,39)26-11-8-7-9-12-26/h7-9,11-16,20-21,27H,6,10,17-19,22H2,1-5H3,(H,34,37)/t27-,33-/m0/s1. The van der Waals surface area contributed by atoms with E-state index in [1.807, 2.05) is 43.3 Å². The van der Waals surface area contributed by atoms with Crippen molar-refractivity contribution in [3.05, 3.63) is 77.9 Å². The zero-order valence-corrected chi connectivity index (χ0v) is 26.6. The Morgan fingerprint density at radius 2 is 1.59 bits per heavy atom. The number of benzene rings is 3. The van der Waals surface area contributed by atoms with E-state index in [0.717, 1.165) is 22.3 Å². The van der Waals surface area contributed by atoms with Crippen LogP contribution in [0.4, 0.5) is 0 Å². The van der Waals surface area contributed by atoms with E-state index in [4.69, 9.17) is 18.9 Å². The number of hydrogen-bond donors (Lipinski definition) is 1. The Morgan fingerprint density at radius 1 is 0.955 bits per heavy atom. The fraction of sp³-hybridized carbons (Fsp3) is 0.394. The molecule has 44 heavy (non-hydrogen) atoms. The molecule has 1 heterocycles. The molecule has 1 saturated heterocycles. The van der Waals surface area contributed by atoms with Gasteiger partial charge >= 0.3 is 5.97 Å². The fourth-order valence-corrected chi connectivity index (χ4v) is 7.35. The number of carbonyl (C=O) groups excluding carboxylic acids is 2. The lowest BCUT2D eigenvalue weighted by molar-refractivity contribution is -0.146. The van der Waals surface area contributed by atoms with Gasteiger partial charge in [-0.1, -0.05) is 42.5 Å². The maximum absolute atomic E-state index is 13.7. The Balaban J connectivity index is 1.56. The maximum Gasteiger partial charge on any atom is 0.328 e. The number of esters is 1. The smallest absolute Gasteiger partial charge is 0.328 e. The van der Waals surface area contributed by atoms with Crippen molar-refractivity contribution in [3.8, 4) is 22.6 Å². The predicted octanol–water partition coefficient (Wildman–Crippen LogP) is 4.35. The van der Waals surface area contributed by atoms with Gasteiger partial charge in [-0.05, 0) is 67.6 Å². The molecule has 1 aliphatic heterocycles. The molecule has 0 bridgehead atoms. The molecule has 236 valence electrons. The summed E-state index contributed by atoms with van der Waals surface area (Å²) in [6.45, 7) is 4.74. The summed E-state index contributed by atoms with van der Waals surface area (Å²) < 4.78 is 50.0. The summed E-state index contributed by atoms with van der Waals surface area (Å²) in [6.07, 6.45) is 0.974. The Morgan fingerprint density at radius 3 is 2.16 bits per heavy atom. The number of amides is 1. The third-order valence-electron chi connectivity index (χ3n) is 7.91. The summed E-state index contributed by atoms with van der Waals surface area (Å²) in [5, 5.41) is 2.79. The monoisotopic (exact) mass is 624 g/mol. The predicted molar refractivity (Wildman–Crippen MR) is 166 cm³/mol. The minimum absolute atomic E-state index is 0.114. The third-order valence-corrected chi connectivity index (χ3v) is 9.94. The van der Waals surface area contributed by atoms with Crippen LogP contribution >= 0.6 is 0 Å². The second-order valence-electron chi connectivity index (χ2n) is 10.7. The molecule has 0 unspecified atom stereocenters. The van der Waals surface area contributed by atoms with Crippen LogP contribution in [0.5, 0.6) is 11.5 Å². The minimum Gasteiger partial charge on any atom is -0.496 e. The molecule has 1 N–H and O–H groups in total. The molecule has 0 aliphatic carbocycles. The topological polar surface area (TPSA) is 120 Å². The van der Waals surface area contributed by atoms with E-state index in [0.29, 0.717) is 37.6 Å². The van der Waals surface area contributed by atoms with Crippen LogP contribution in [-0.4, -0.2) is 70.7 Å². The lowest BCUT2D eigenvalue weighted by Crippen LogP contribution is -2.58. The first kappa shape index (κ1) is 33.0. The van der Waals surface area contributed by atoms with Gasteiger partial charge in [-0.25, -0.2) is 13.2 Å². The van der Waals surface area contributed by atoms with Crippen LogP contribution in [0.25, 0.3) is 11.1 Å². The summed E-state index contributed by atoms with van der Waals surface area (Å²) in [5.74, 6) is 0.0792. The molecule has 11 heteroatoms. The van der Waals surface area contributed by atoms with E-state index in [9.17, 15) is 18.0 Å². The van der Waals surface area contributed by atoms with Crippen LogP contribution in [-0.2, 0) is 42.1 Å². The van der Waals surface area contributed by atoms with Crippen LogP contribution in [0.2, 0.25) is 0 Å². The summed E-state index contributed by atoms with van der Waals surface area (Å²) >= 11 is 0. The van der Waals surface area contributed by atoms with Crippen molar-refractivity contribution in [2.75, 3.05) is 34.5 Å². The number of carbonyl (C=O) groups is 2. The highest BCUT2D eigenvalue weighted by molar-refractivity contribution is 7.89. The van der Waals surface area contributed by atoms with Crippen molar-refractivity contribution in [2.24, 2.45) is 0 Å². The Bertz CT molecular complexity index is 1540. The van der Waals surface area contributed by atoms with Crippen molar-refractivity contribution in [1.29, 1.82) is 0 Å². The van der Waals surface area contributed by atoms with Gasteiger partial charge in [0, 0.05) is 19.6 Å². The molecule has 1 aliphatic rings. The van der Waals surface area contributed by atoms with Crippen LogP contribution in [0, 0.1) is 0 Å². The number of sulfonamides is 1. The SMILES string of the molecule is CCOCc1cc(OC)c(-c2ccc(C[C@H](NC(=O)[C@]3(C)CCCN3S(=O)(=O)c3ccccc3)C(=O)OC)cc2)c(OC)c1. The van der Waals surface area contributed by atoms with Gasteiger partial charge in [0.2, 0.25) is 15.9 Å². The van der Waals surface area contributed by atoms with Gasteiger partial charge in [-0.3, -0.25) is 4.79 Å². The van der Waals surface area contributed by atoms with E-state index in [-0.39, 0.29) is 17.9 Å². The zero-order chi connectivity index (χ0) is 31.9. The van der Waals surface area contributed by atoms with Crippen molar-refractivity contribution in [1.82, 2.24) is 9.62 Å². The van der Waals surface area contributed by atoms with E-state index >= 15 is 0 Å². The molecule has 1 fully saturated rings. The third kappa shape index (κ3) is 6.90. The largest absolute Gasteiger partial charge is 0.496 e. The number of nitrogens with zero attached hydrogens (tertiary/aromatic N) is 1. The number of nitrogens with one attached hydrogen (secondary N) is 1. The number of ether oxygens (including phenoxy) is 4. The van der Waals surface area contributed by atoms with Crippen molar-refractivity contribution >= 4 is 21.9 Å². The molecule has 2 atom stereocenters. The highest BCUT2D eigenvalue weighted by Gasteiger charge is 2.50. The molecule has 3 aromatic rings. The van der Waals surface area contributed by atoms with Crippen molar-refractivity contribution in [3.63, 3.8) is 0 Å². The van der Waals surface area contributed by atoms with Crippen LogP contribution < -0.4 is 14.8 Å². The summed E-state index contributed by atoms with van der Waals surface area (Å²) in [6, 6.07) is 18.3. The lowest BCUT2D eigenvalue weighted by Gasteiger charge is -2.34. The molecule has 0 radical (unpaired) electrons. The maximum atomic E-state index is 13.7. The minimum atomic E-state index is -3.93. The first-order valence-electron chi connectivity index (χ1n) is 14.5. The Kier molecular flexibility index (Phi) is 10.7. The van der Waals surface area contributed by atoms with Gasteiger partial charge in [0.05, 0.1) is 38.4 Å². The second kappa shape index (κ2) is 14.2. The van der Waals surface area contributed by atoms with E-state index < -0.39 is 33.5 Å². The van der Waals surface area contributed by atoms with Gasteiger partial charge < -0.3 is 24.3 Å². The highest BCUT2D eigenvalue weighted by Crippen LogP contribution is 2.40. The Labute approximate surface area is 259 Å². The number of methoxy groups -OCH3 is 3. The highest BCUT2D eigenvalue weighted by atomic mass is 32.2. The first-order valence-corrected chi connectivity index (χ1v) is 15.9. The molecule has 1 amide bonds. The molecule has 0 aromatic heterocycles. The molecule has 0 saturated carbocycles. The van der Waals surface area contributed by atoms with Crippen LogP contribution in [0.3, 0.4) is 0 Å². The van der Waals surface area contributed by atoms with Crippen LogP contribution in [0.15, 0.2) is 71.6 Å². The van der Waals surface area contributed by atoms with Gasteiger partial charge in [-0.15, -0.1) is 0 Å². The first-order chi connectivity index (χ1) is 21.1. The van der Waals surface area contributed by atoms with Gasteiger partial charge in [0.15, 0.2) is 0 Å². The quantitative estimate of drug-likeness (QED) is 0.279. The lowest BCUT2D eigenvalue weighted by atomic mass is 9.96. The van der Waals surface area contributed by atoms with E-state index in [1.54, 1.807) is 39.3 Å². The summed E-state index contributed by atoms with van der Waals surface area (Å²) in [7, 11) is 0.509. The van der Waals surface area contributed by atoms with Crippen LogP contribution in [0.1, 0.15) is 37.8 Å². The van der Waals surface area contributed by atoms with Gasteiger partial charge in [0.25, 0.3) is 0 Å². The molecular formula is C33H40N2O8S. The molecule has 0 spiro atoms. The molecule has 4 rings (SSSR count). The zero-order valence-electron chi connectivity index (χ0n) is 25.8. The van der Waals surface area contributed by atoms with Crippen molar-refractivity contribution < 1.29 is 37.0 Å². The van der Waals surface area contributed by atoms with E-state index in [1.165, 1.54) is 23.5 Å². The average molecular weight is 625 g/mol. The second-order valence-corrected chi connectivity index (χ2v) is 12.6. The fourth-order valence-electron chi connectivity index (χ4n) is 5.52. The molecule has 10 nitrogen and oxygen atoms in total. The van der Waals surface area contributed by atoms with Crippen molar-refractivity contribution in [2.45, 2.75) is 56.2 Å². The molecular weight excluding hydrogens is 584 g/mol. The Hall–Kier alpha value is -3.93. The number of rotatable bonds is 13.